The number of furan rings is 1. The summed E-state index contributed by atoms with van der Waals surface area (Å²) in [5, 5.41) is 0.305. The molecule has 0 aliphatic heterocycles. The van der Waals surface area contributed by atoms with Gasteiger partial charge < -0.3 is 10.2 Å². The van der Waals surface area contributed by atoms with Crippen LogP contribution in [0.25, 0.3) is 11.0 Å². The summed E-state index contributed by atoms with van der Waals surface area (Å²) < 4.78 is 55.4. The van der Waals surface area contributed by atoms with E-state index in [9.17, 15) is 17.6 Å². The lowest BCUT2D eigenvalue weighted by Crippen LogP contribution is -2.28. The van der Waals surface area contributed by atoms with E-state index in [0.717, 1.165) is 12.1 Å². The van der Waals surface area contributed by atoms with Crippen LogP contribution in [0.5, 0.6) is 0 Å². The third-order valence-corrected chi connectivity index (χ3v) is 2.57. The molecule has 0 aliphatic rings. The maximum Gasteiger partial charge on any atom is 0.410 e. The van der Waals surface area contributed by atoms with Gasteiger partial charge in [-0.05, 0) is 25.1 Å². The molecule has 0 aliphatic carbocycles. The lowest BCUT2D eigenvalue weighted by molar-refractivity contribution is -0.152. The van der Waals surface area contributed by atoms with E-state index in [0.29, 0.717) is 5.39 Å². The molecule has 1 heterocycles. The van der Waals surface area contributed by atoms with Crippen LogP contribution in [-0.2, 0) is 0 Å². The number of fused-ring (bicyclic) bond motifs is 1. The Kier molecular flexibility index (Phi) is 2.61. The Hall–Kier alpha value is -1.56. The second-order valence-electron chi connectivity index (χ2n) is 3.75. The van der Waals surface area contributed by atoms with Crippen molar-refractivity contribution in [3.63, 3.8) is 0 Å². The van der Waals surface area contributed by atoms with Gasteiger partial charge in [0.25, 0.3) is 0 Å². The monoisotopic (exact) mass is 247 g/mol. The van der Waals surface area contributed by atoms with E-state index in [4.69, 9.17) is 10.2 Å². The Balaban J connectivity index is 2.60. The van der Waals surface area contributed by atoms with Crippen LogP contribution >= 0.6 is 0 Å². The summed E-state index contributed by atoms with van der Waals surface area (Å²) in [5.74, 6) is -0.911. The molecule has 0 radical (unpaired) electrons. The SMILES string of the molecule is Cc1c([C@@H](N)C(F)(F)F)oc2ccc(F)cc12. The van der Waals surface area contributed by atoms with Gasteiger partial charge in [0, 0.05) is 10.9 Å². The molecule has 2 rings (SSSR count). The Morgan fingerprint density at radius 2 is 1.94 bits per heavy atom. The molecular formula is C11H9F4NO. The van der Waals surface area contributed by atoms with E-state index < -0.39 is 18.0 Å². The van der Waals surface area contributed by atoms with Crippen molar-refractivity contribution in [1.29, 1.82) is 0 Å². The van der Waals surface area contributed by atoms with Gasteiger partial charge in [0.05, 0.1) is 0 Å². The van der Waals surface area contributed by atoms with Crippen LogP contribution in [0.1, 0.15) is 17.4 Å². The summed E-state index contributed by atoms with van der Waals surface area (Å²) >= 11 is 0. The Bertz CT molecular complexity index is 558. The number of nitrogens with two attached hydrogens (primary N) is 1. The van der Waals surface area contributed by atoms with Crippen molar-refractivity contribution in [3.8, 4) is 0 Å². The van der Waals surface area contributed by atoms with Gasteiger partial charge in [0.15, 0.2) is 6.04 Å². The molecule has 0 spiro atoms. The summed E-state index contributed by atoms with van der Waals surface area (Å²) in [4.78, 5) is 0. The largest absolute Gasteiger partial charge is 0.459 e. The lowest BCUT2D eigenvalue weighted by Gasteiger charge is -2.13. The molecule has 2 aromatic rings. The van der Waals surface area contributed by atoms with E-state index in [1.165, 1.54) is 13.0 Å². The van der Waals surface area contributed by atoms with Gasteiger partial charge in [0.1, 0.15) is 17.2 Å². The van der Waals surface area contributed by atoms with Crippen molar-refractivity contribution in [1.82, 2.24) is 0 Å². The predicted octanol–water partition coefficient (Wildman–Crippen LogP) is 3.44. The van der Waals surface area contributed by atoms with Crippen LogP contribution in [-0.4, -0.2) is 6.18 Å². The third-order valence-electron chi connectivity index (χ3n) is 2.57. The first-order valence-corrected chi connectivity index (χ1v) is 4.81. The zero-order chi connectivity index (χ0) is 12.8. The molecule has 92 valence electrons. The van der Waals surface area contributed by atoms with Crippen LogP contribution in [0.3, 0.4) is 0 Å². The number of aryl methyl sites for hydroxylation is 1. The third kappa shape index (κ3) is 2.00. The highest BCUT2D eigenvalue weighted by atomic mass is 19.4. The molecule has 0 saturated carbocycles. The molecule has 2 nitrogen and oxygen atoms in total. The maximum atomic E-state index is 13.0. The molecule has 6 heteroatoms. The van der Waals surface area contributed by atoms with Crippen molar-refractivity contribution in [2.75, 3.05) is 0 Å². The van der Waals surface area contributed by atoms with E-state index >= 15 is 0 Å². The fourth-order valence-corrected chi connectivity index (χ4v) is 1.66. The van der Waals surface area contributed by atoms with Gasteiger partial charge in [-0.1, -0.05) is 0 Å². The number of benzene rings is 1. The molecule has 0 unspecified atom stereocenters. The van der Waals surface area contributed by atoms with Gasteiger partial charge in [-0.25, -0.2) is 4.39 Å². The molecular weight excluding hydrogens is 238 g/mol. The minimum atomic E-state index is -4.59. The van der Waals surface area contributed by atoms with Crippen LogP contribution in [0.4, 0.5) is 17.6 Å². The van der Waals surface area contributed by atoms with E-state index in [1.807, 2.05) is 0 Å². The summed E-state index contributed by atoms with van der Waals surface area (Å²) in [7, 11) is 0. The van der Waals surface area contributed by atoms with E-state index in [1.54, 1.807) is 0 Å². The molecule has 2 N–H and O–H groups in total. The first kappa shape index (κ1) is 11.9. The molecule has 0 fully saturated rings. The van der Waals surface area contributed by atoms with E-state index in [2.05, 4.69) is 0 Å². The Labute approximate surface area is 94.0 Å². The average Bonchev–Trinajstić information content (AvgIpc) is 2.54. The highest BCUT2D eigenvalue weighted by molar-refractivity contribution is 5.82. The Morgan fingerprint density at radius 3 is 2.53 bits per heavy atom. The summed E-state index contributed by atoms with van der Waals surface area (Å²) in [6, 6.07) is 1.33. The highest BCUT2D eigenvalue weighted by Crippen LogP contribution is 2.36. The fourth-order valence-electron chi connectivity index (χ4n) is 1.66. The maximum absolute atomic E-state index is 13.0. The molecule has 0 amide bonds. The smallest absolute Gasteiger partial charge is 0.410 e. The van der Waals surface area contributed by atoms with Crippen LogP contribution in [0.15, 0.2) is 22.6 Å². The van der Waals surface area contributed by atoms with Crippen molar-refractivity contribution in [2.24, 2.45) is 5.73 Å². The first-order valence-electron chi connectivity index (χ1n) is 4.81. The summed E-state index contributed by atoms with van der Waals surface area (Å²) in [6.45, 7) is 1.42. The molecule has 1 aromatic carbocycles. The molecule has 0 bridgehead atoms. The van der Waals surface area contributed by atoms with Crippen molar-refractivity contribution in [2.45, 2.75) is 19.1 Å². The van der Waals surface area contributed by atoms with Gasteiger partial charge in [-0.15, -0.1) is 0 Å². The molecule has 1 atom stereocenters. The fraction of sp³-hybridized carbons (Fsp3) is 0.273. The number of hydrogen-bond acceptors (Lipinski definition) is 2. The van der Waals surface area contributed by atoms with Gasteiger partial charge in [-0.2, -0.15) is 13.2 Å². The average molecular weight is 247 g/mol. The van der Waals surface area contributed by atoms with Crippen LogP contribution in [0, 0.1) is 12.7 Å². The van der Waals surface area contributed by atoms with E-state index in [-0.39, 0.29) is 16.9 Å². The number of alkyl halides is 3. The van der Waals surface area contributed by atoms with Crippen molar-refractivity contribution in [3.05, 3.63) is 35.3 Å². The summed E-state index contributed by atoms with van der Waals surface area (Å²) in [6.07, 6.45) is -4.59. The second-order valence-corrected chi connectivity index (χ2v) is 3.75. The number of hydrogen-bond donors (Lipinski definition) is 1. The topological polar surface area (TPSA) is 39.2 Å². The minimum absolute atomic E-state index is 0.193. The normalized spacial score (nSPS) is 14.2. The second kappa shape index (κ2) is 3.73. The predicted molar refractivity (Wildman–Crippen MR) is 53.9 cm³/mol. The highest BCUT2D eigenvalue weighted by Gasteiger charge is 2.41. The molecule has 1 aromatic heterocycles. The number of halogens is 4. The quantitative estimate of drug-likeness (QED) is 0.784. The summed E-state index contributed by atoms with van der Waals surface area (Å²) in [5.41, 5.74) is 5.47. The van der Waals surface area contributed by atoms with Crippen LogP contribution < -0.4 is 5.73 Å². The standard InChI is InChI=1S/C11H9F4NO/c1-5-7-4-6(12)2-3-8(7)17-9(5)10(16)11(13,14)15/h2-4,10H,16H2,1H3/t10-/m1/s1. The van der Waals surface area contributed by atoms with Gasteiger partial charge in [0.2, 0.25) is 0 Å². The Morgan fingerprint density at radius 1 is 1.29 bits per heavy atom. The zero-order valence-corrected chi connectivity index (χ0v) is 8.81. The van der Waals surface area contributed by atoms with Gasteiger partial charge in [-0.3, -0.25) is 0 Å². The number of rotatable bonds is 1. The first-order chi connectivity index (χ1) is 7.80. The lowest BCUT2D eigenvalue weighted by atomic mass is 10.1. The zero-order valence-electron chi connectivity index (χ0n) is 8.81. The van der Waals surface area contributed by atoms with Crippen molar-refractivity contribution < 1.29 is 22.0 Å². The molecule has 17 heavy (non-hydrogen) atoms. The van der Waals surface area contributed by atoms with Crippen molar-refractivity contribution >= 4 is 11.0 Å². The van der Waals surface area contributed by atoms with Crippen LogP contribution in [0.2, 0.25) is 0 Å². The van der Waals surface area contributed by atoms with Gasteiger partial charge >= 0.3 is 6.18 Å². The minimum Gasteiger partial charge on any atom is -0.459 e. The molecule has 0 saturated heterocycles.